The van der Waals surface area contributed by atoms with Crippen molar-refractivity contribution in [1.82, 2.24) is 10.2 Å². The van der Waals surface area contributed by atoms with Crippen molar-refractivity contribution in [1.29, 1.82) is 0 Å². The van der Waals surface area contributed by atoms with Gasteiger partial charge in [0.1, 0.15) is 23.7 Å². The number of carbonyl (C=O) groups excluding carboxylic acids is 4. The maximum absolute atomic E-state index is 12.0. The molecule has 1 aromatic carbocycles. The van der Waals surface area contributed by atoms with E-state index in [1.165, 1.54) is 19.3 Å². The highest BCUT2D eigenvalue weighted by molar-refractivity contribution is 6.12. The van der Waals surface area contributed by atoms with Gasteiger partial charge >= 0.3 is 12.1 Å². The van der Waals surface area contributed by atoms with Crippen LogP contribution in [0.15, 0.2) is 23.8 Å². The molecule has 2 heterocycles. The number of phenols is 1. The van der Waals surface area contributed by atoms with Gasteiger partial charge in [-0.05, 0) is 38.7 Å². The zero-order chi connectivity index (χ0) is 24.8. The Bertz CT molecular complexity index is 1060. The first-order valence-corrected chi connectivity index (χ1v) is 10.9. The number of methoxy groups -OCH3 is 1. The van der Waals surface area contributed by atoms with Crippen LogP contribution in [0.1, 0.15) is 46.8 Å². The summed E-state index contributed by atoms with van der Waals surface area (Å²) in [4.78, 5) is 47.7. The fourth-order valence-corrected chi connectivity index (χ4v) is 3.89. The normalized spacial score (nSPS) is 15.0. The van der Waals surface area contributed by atoms with Gasteiger partial charge in [0.25, 0.3) is 11.8 Å². The number of ether oxygens (including phenoxy) is 3. The molecule has 2 aliphatic rings. The van der Waals surface area contributed by atoms with Crippen molar-refractivity contribution >= 4 is 23.9 Å². The quantitative estimate of drug-likeness (QED) is 0.230. The fourth-order valence-electron chi connectivity index (χ4n) is 3.89. The number of esters is 1. The highest BCUT2D eigenvalue weighted by Gasteiger charge is 2.31. The molecule has 10 heteroatoms. The Labute approximate surface area is 197 Å². The van der Waals surface area contributed by atoms with Crippen LogP contribution in [0, 0.1) is 6.92 Å². The lowest BCUT2D eigenvalue weighted by molar-refractivity contribution is -0.136. The van der Waals surface area contributed by atoms with E-state index in [-0.39, 0.29) is 37.6 Å². The molecule has 0 unspecified atom stereocenters. The Hall–Kier alpha value is -3.82. The molecule has 0 fully saturated rings. The Morgan fingerprint density at radius 1 is 1.26 bits per heavy atom. The first kappa shape index (κ1) is 24.8. The van der Waals surface area contributed by atoms with Crippen molar-refractivity contribution in [2.24, 2.45) is 0 Å². The van der Waals surface area contributed by atoms with Crippen LogP contribution in [0.4, 0.5) is 4.79 Å². The Morgan fingerprint density at radius 3 is 2.65 bits per heavy atom. The van der Waals surface area contributed by atoms with Gasteiger partial charge < -0.3 is 24.6 Å². The number of nitrogens with zero attached hydrogens (tertiary/aromatic N) is 1. The molecule has 182 valence electrons. The van der Waals surface area contributed by atoms with Crippen molar-refractivity contribution < 1.29 is 38.5 Å². The van der Waals surface area contributed by atoms with E-state index >= 15 is 0 Å². The molecule has 0 aliphatic carbocycles. The summed E-state index contributed by atoms with van der Waals surface area (Å²) in [5.74, 6) is -0.915. The minimum absolute atomic E-state index is 0.0812. The zero-order valence-electron chi connectivity index (χ0n) is 19.4. The summed E-state index contributed by atoms with van der Waals surface area (Å²) in [6.07, 6.45) is 5.30. The highest BCUT2D eigenvalue weighted by Crippen LogP contribution is 2.42. The smallest absolute Gasteiger partial charge is 0.407 e. The Kier molecular flexibility index (Phi) is 7.93. The van der Waals surface area contributed by atoms with Crippen LogP contribution in [0.25, 0.3) is 0 Å². The summed E-state index contributed by atoms with van der Waals surface area (Å²) in [6, 6.07) is 0. The molecule has 0 radical (unpaired) electrons. The standard InChI is InChI=1S/C24H28N2O8/c1-14(5-4-12-33-24(31)25-10-11-26-18(27)8-9-19(26)28)6-7-16-21(29)20-17(13-34-23(20)30)15(2)22(16)32-3/h6,8-9,29H,4-5,7,10-13H2,1-3H3,(H,25,31)/b14-6+. The number of imide groups is 1. The van der Waals surface area contributed by atoms with Crippen LogP contribution in [0.2, 0.25) is 0 Å². The molecular formula is C24H28N2O8. The average molecular weight is 472 g/mol. The lowest BCUT2D eigenvalue weighted by Crippen LogP contribution is -2.38. The lowest BCUT2D eigenvalue weighted by Gasteiger charge is -2.15. The van der Waals surface area contributed by atoms with Gasteiger partial charge in [0.15, 0.2) is 0 Å². The van der Waals surface area contributed by atoms with E-state index in [4.69, 9.17) is 14.2 Å². The number of alkyl carbamates (subject to hydrolysis) is 1. The second-order valence-corrected chi connectivity index (χ2v) is 8.00. The number of amides is 3. The van der Waals surface area contributed by atoms with Gasteiger partial charge in [0.2, 0.25) is 0 Å². The fraction of sp³-hybridized carbons (Fsp3) is 0.417. The number of rotatable bonds is 10. The van der Waals surface area contributed by atoms with Gasteiger partial charge in [0, 0.05) is 36.4 Å². The number of carbonyl (C=O) groups is 4. The monoisotopic (exact) mass is 472 g/mol. The maximum Gasteiger partial charge on any atom is 0.407 e. The molecule has 3 amide bonds. The van der Waals surface area contributed by atoms with E-state index in [2.05, 4.69) is 5.32 Å². The molecule has 10 nitrogen and oxygen atoms in total. The van der Waals surface area contributed by atoms with Crippen LogP contribution in [-0.4, -0.2) is 60.7 Å². The third-order valence-electron chi connectivity index (χ3n) is 5.76. The number of allylic oxidation sites excluding steroid dienone is 2. The molecule has 2 aliphatic heterocycles. The number of phenolic OH excluding ortho intramolecular Hbond substituents is 1. The predicted octanol–water partition coefficient (Wildman–Crippen LogP) is 2.30. The molecule has 0 aromatic heterocycles. The van der Waals surface area contributed by atoms with Crippen LogP contribution in [0.5, 0.6) is 11.5 Å². The molecule has 0 atom stereocenters. The third-order valence-corrected chi connectivity index (χ3v) is 5.76. The van der Waals surface area contributed by atoms with Crippen molar-refractivity contribution in [2.45, 2.75) is 39.7 Å². The minimum atomic E-state index is -0.621. The summed E-state index contributed by atoms with van der Waals surface area (Å²) in [6.45, 7) is 4.26. The summed E-state index contributed by atoms with van der Waals surface area (Å²) >= 11 is 0. The van der Waals surface area contributed by atoms with Gasteiger partial charge in [-0.15, -0.1) is 0 Å². The van der Waals surface area contributed by atoms with Crippen LogP contribution >= 0.6 is 0 Å². The Morgan fingerprint density at radius 2 is 1.97 bits per heavy atom. The van der Waals surface area contributed by atoms with Gasteiger partial charge in [-0.25, -0.2) is 9.59 Å². The number of nitrogens with one attached hydrogen (secondary N) is 1. The number of cyclic esters (lactones) is 1. The van der Waals surface area contributed by atoms with Crippen molar-refractivity contribution in [2.75, 3.05) is 26.8 Å². The van der Waals surface area contributed by atoms with Gasteiger partial charge in [-0.1, -0.05) is 11.6 Å². The van der Waals surface area contributed by atoms with E-state index in [9.17, 15) is 24.3 Å². The second-order valence-electron chi connectivity index (χ2n) is 8.00. The first-order valence-electron chi connectivity index (χ1n) is 10.9. The summed E-state index contributed by atoms with van der Waals surface area (Å²) < 4.78 is 15.7. The summed E-state index contributed by atoms with van der Waals surface area (Å²) in [5.41, 5.74) is 3.17. The van der Waals surface area contributed by atoms with E-state index in [0.29, 0.717) is 36.1 Å². The largest absolute Gasteiger partial charge is 0.507 e. The number of aromatic hydroxyl groups is 1. The van der Waals surface area contributed by atoms with Gasteiger partial charge in [-0.2, -0.15) is 0 Å². The average Bonchev–Trinajstić information content (AvgIpc) is 3.35. The highest BCUT2D eigenvalue weighted by atomic mass is 16.5. The number of fused-ring (bicyclic) bond motifs is 1. The molecular weight excluding hydrogens is 444 g/mol. The van der Waals surface area contributed by atoms with Crippen molar-refractivity contribution in [3.05, 3.63) is 46.1 Å². The zero-order valence-corrected chi connectivity index (χ0v) is 19.4. The maximum atomic E-state index is 12.0. The van der Waals surface area contributed by atoms with Crippen molar-refractivity contribution in [3.63, 3.8) is 0 Å². The molecule has 2 N–H and O–H groups in total. The van der Waals surface area contributed by atoms with Crippen LogP contribution in [0.3, 0.4) is 0 Å². The van der Waals surface area contributed by atoms with E-state index in [1.807, 2.05) is 19.9 Å². The van der Waals surface area contributed by atoms with Crippen LogP contribution in [-0.2, 0) is 32.1 Å². The Balaban J connectivity index is 1.44. The SMILES string of the molecule is COc1c(C)c2c(c(O)c1C/C=C(\C)CCCOC(=O)NCCN1C(=O)C=CC1=O)C(=O)OC2. The first-order chi connectivity index (χ1) is 16.2. The predicted molar refractivity (Wildman–Crippen MR) is 120 cm³/mol. The van der Waals surface area contributed by atoms with Crippen LogP contribution < -0.4 is 10.1 Å². The molecule has 0 saturated carbocycles. The molecule has 0 spiro atoms. The second kappa shape index (κ2) is 10.9. The summed E-state index contributed by atoms with van der Waals surface area (Å²) in [5, 5.41) is 13.2. The van der Waals surface area contributed by atoms with Gasteiger partial charge in [-0.3, -0.25) is 14.5 Å². The molecule has 0 saturated heterocycles. The van der Waals surface area contributed by atoms with E-state index < -0.39 is 23.9 Å². The van der Waals surface area contributed by atoms with E-state index in [0.717, 1.165) is 16.0 Å². The topological polar surface area (TPSA) is 131 Å². The van der Waals surface area contributed by atoms with Gasteiger partial charge in [0.05, 0.1) is 13.7 Å². The number of hydrogen-bond donors (Lipinski definition) is 2. The van der Waals surface area contributed by atoms with Crippen molar-refractivity contribution in [3.8, 4) is 11.5 Å². The summed E-state index contributed by atoms with van der Waals surface area (Å²) in [7, 11) is 1.52. The third kappa shape index (κ3) is 5.38. The number of hydrogen-bond acceptors (Lipinski definition) is 8. The molecule has 1 aromatic rings. The minimum Gasteiger partial charge on any atom is -0.507 e. The number of benzene rings is 1. The molecule has 34 heavy (non-hydrogen) atoms. The lowest BCUT2D eigenvalue weighted by atomic mass is 9.94. The molecule has 0 bridgehead atoms. The molecule has 3 rings (SSSR count). The van der Waals surface area contributed by atoms with E-state index in [1.54, 1.807) is 0 Å².